The smallest absolute Gasteiger partial charge is 0.251 e. The van der Waals surface area contributed by atoms with Crippen molar-refractivity contribution in [3.8, 4) is 22.3 Å². The maximum Gasteiger partial charge on any atom is 0.251 e. The number of primary amides is 1. The summed E-state index contributed by atoms with van der Waals surface area (Å²) in [4.78, 5) is 29.2. The Labute approximate surface area is 215 Å². The molecule has 1 saturated heterocycles. The van der Waals surface area contributed by atoms with Crippen LogP contribution in [-0.2, 0) is 6.42 Å². The first-order valence-corrected chi connectivity index (χ1v) is 12.8. The molecule has 35 heavy (non-hydrogen) atoms. The quantitative estimate of drug-likeness (QED) is 0.349. The van der Waals surface area contributed by atoms with Crippen molar-refractivity contribution < 1.29 is 9.59 Å². The average molecular weight is 508 g/mol. The van der Waals surface area contributed by atoms with Crippen LogP contribution < -0.4 is 16.0 Å². The Balaban J connectivity index is 1.99. The molecule has 5 nitrogen and oxygen atoms in total. The Morgan fingerprint density at radius 1 is 0.971 bits per heavy atom. The predicted octanol–water partition coefficient (Wildman–Crippen LogP) is 5.72. The number of piperazine rings is 1. The zero-order valence-corrected chi connectivity index (χ0v) is 21.1. The normalized spacial score (nSPS) is 14.7. The number of amides is 1. The summed E-state index contributed by atoms with van der Waals surface area (Å²) in [5.74, 6) is -0.606. The van der Waals surface area contributed by atoms with Crippen LogP contribution in [0.2, 0.25) is 10.0 Å². The zero-order valence-electron chi connectivity index (χ0n) is 19.6. The molecule has 7 heteroatoms. The van der Waals surface area contributed by atoms with Gasteiger partial charge in [-0.15, -0.1) is 0 Å². The Bertz CT molecular complexity index is 1350. The molecule has 1 heterocycles. The van der Waals surface area contributed by atoms with Crippen LogP contribution in [0.15, 0.2) is 42.5 Å². The number of nitrogens with two attached hydrogens (primary N) is 1. The molecule has 1 amide bonds. The molecule has 3 aromatic rings. The molecule has 0 unspecified atom stereocenters. The summed E-state index contributed by atoms with van der Waals surface area (Å²) in [6.07, 6.45) is 2.37. The molecule has 3 aromatic carbocycles. The Kier molecular flexibility index (Phi) is 6.58. The van der Waals surface area contributed by atoms with E-state index in [1.807, 2.05) is 36.4 Å². The fourth-order valence-electron chi connectivity index (χ4n) is 5.37. The third kappa shape index (κ3) is 3.92. The van der Waals surface area contributed by atoms with Gasteiger partial charge in [-0.25, -0.2) is 0 Å². The number of rotatable bonds is 6. The fraction of sp³-hybridized carbons (Fsp3) is 0.286. The van der Waals surface area contributed by atoms with Crippen LogP contribution in [0, 0.1) is 0 Å². The van der Waals surface area contributed by atoms with Gasteiger partial charge in [0.05, 0.1) is 21.3 Å². The van der Waals surface area contributed by atoms with E-state index in [0.717, 1.165) is 53.9 Å². The van der Waals surface area contributed by atoms with Crippen LogP contribution in [0.4, 0.5) is 5.69 Å². The number of hydrogen-bond donors (Lipinski definition) is 2. The van der Waals surface area contributed by atoms with Crippen LogP contribution in [0.3, 0.4) is 0 Å². The zero-order chi connectivity index (χ0) is 24.7. The largest absolute Gasteiger partial charge is 0.368 e. The standard InChI is InChI=1S/C28H27Cl2N3O2/c1-2-3-7-18-23-21(16-8-4-5-9-17(16)27(23)34)22(19-10-6-11-20(29)25(19)30)26(24(18)28(31)35)33-14-12-32-13-15-33/h4-6,8-11,32H,2-3,7,12-15H2,1H3,(H2,31,35). The minimum absolute atomic E-state index is 0.0736. The highest BCUT2D eigenvalue weighted by Gasteiger charge is 2.38. The lowest BCUT2D eigenvalue weighted by atomic mass is 9.83. The molecule has 2 aliphatic rings. The molecule has 0 bridgehead atoms. The Morgan fingerprint density at radius 3 is 2.34 bits per heavy atom. The van der Waals surface area contributed by atoms with E-state index in [0.29, 0.717) is 51.8 Å². The van der Waals surface area contributed by atoms with Gasteiger partial charge >= 0.3 is 0 Å². The number of unbranched alkanes of at least 4 members (excludes halogenated alkanes) is 1. The summed E-state index contributed by atoms with van der Waals surface area (Å²) in [5.41, 5.74) is 12.3. The van der Waals surface area contributed by atoms with Crippen molar-refractivity contribution in [2.24, 2.45) is 5.73 Å². The van der Waals surface area contributed by atoms with Crippen molar-refractivity contribution in [2.45, 2.75) is 26.2 Å². The van der Waals surface area contributed by atoms with E-state index in [2.05, 4.69) is 17.1 Å². The summed E-state index contributed by atoms with van der Waals surface area (Å²) in [5, 5.41) is 4.18. The van der Waals surface area contributed by atoms with Crippen molar-refractivity contribution in [3.05, 3.63) is 74.8 Å². The molecule has 0 atom stereocenters. The number of benzene rings is 3. The van der Waals surface area contributed by atoms with E-state index in [1.54, 1.807) is 6.07 Å². The SMILES string of the molecule is CCCCc1c2c(c(-c3cccc(Cl)c3Cl)c(N3CCNCC3)c1C(N)=O)-c1ccccc1C2=O. The van der Waals surface area contributed by atoms with Gasteiger partial charge in [0, 0.05) is 54.0 Å². The van der Waals surface area contributed by atoms with Gasteiger partial charge in [0.15, 0.2) is 5.78 Å². The monoisotopic (exact) mass is 507 g/mol. The highest BCUT2D eigenvalue weighted by molar-refractivity contribution is 6.44. The molecule has 1 aliphatic heterocycles. The predicted molar refractivity (Wildman–Crippen MR) is 143 cm³/mol. The van der Waals surface area contributed by atoms with Gasteiger partial charge in [-0.05, 0) is 30.0 Å². The molecular formula is C28H27Cl2N3O2. The topological polar surface area (TPSA) is 75.4 Å². The Hall–Kier alpha value is -2.86. The molecule has 3 N–H and O–H groups in total. The molecule has 1 fully saturated rings. The first-order chi connectivity index (χ1) is 17.0. The second-order valence-electron chi connectivity index (χ2n) is 9.01. The number of hydrogen-bond acceptors (Lipinski definition) is 4. The molecule has 1 aliphatic carbocycles. The molecule has 0 aromatic heterocycles. The second kappa shape index (κ2) is 9.65. The van der Waals surface area contributed by atoms with Crippen molar-refractivity contribution in [1.29, 1.82) is 0 Å². The van der Waals surface area contributed by atoms with Gasteiger partial charge in [-0.1, -0.05) is 72.9 Å². The maximum atomic E-state index is 13.8. The number of anilines is 1. The summed E-state index contributed by atoms with van der Waals surface area (Å²) in [6.45, 7) is 5.05. The summed E-state index contributed by atoms with van der Waals surface area (Å²) in [7, 11) is 0. The number of nitrogens with zero attached hydrogens (tertiary/aromatic N) is 1. The number of carbonyl (C=O) groups is 2. The van der Waals surface area contributed by atoms with E-state index in [-0.39, 0.29) is 5.78 Å². The first kappa shape index (κ1) is 23.9. The van der Waals surface area contributed by atoms with Gasteiger partial charge in [-0.2, -0.15) is 0 Å². The van der Waals surface area contributed by atoms with Crippen molar-refractivity contribution >= 4 is 40.6 Å². The lowest BCUT2D eigenvalue weighted by Crippen LogP contribution is -2.44. The van der Waals surface area contributed by atoms with E-state index in [4.69, 9.17) is 28.9 Å². The fourth-order valence-corrected chi connectivity index (χ4v) is 5.77. The van der Waals surface area contributed by atoms with E-state index < -0.39 is 5.91 Å². The summed E-state index contributed by atoms with van der Waals surface area (Å²) < 4.78 is 0. The number of carbonyl (C=O) groups excluding carboxylic acids is 2. The lowest BCUT2D eigenvalue weighted by molar-refractivity contribution is 0.0999. The minimum Gasteiger partial charge on any atom is -0.368 e. The van der Waals surface area contributed by atoms with Gasteiger partial charge in [0.25, 0.3) is 5.91 Å². The van der Waals surface area contributed by atoms with Crippen molar-refractivity contribution in [1.82, 2.24) is 5.32 Å². The molecule has 180 valence electrons. The van der Waals surface area contributed by atoms with E-state index in [1.165, 1.54) is 0 Å². The maximum absolute atomic E-state index is 13.8. The molecular weight excluding hydrogens is 481 g/mol. The third-order valence-corrected chi connectivity index (χ3v) is 7.75. The number of nitrogens with one attached hydrogen (secondary N) is 1. The second-order valence-corrected chi connectivity index (χ2v) is 9.79. The minimum atomic E-state index is -0.532. The first-order valence-electron chi connectivity index (χ1n) is 12.0. The number of halogens is 2. The van der Waals surface area contributed by atoms with Crippen LogP contribution in [0.5, 0.6) is 0 Å². The van der Waals surface area contributed by atoms with E-state index in [9.17, 15) is 9.59 Å². The molecule has 5 rings (SSSR count). The van der Waals surface area contributed by atoms with Crippen molar-refractivity contribution in [2.75, 3.05) is 31.1 Å². The summed E-state index contributed by atoms with van der Waals surface area (Å²) >= 11 is 13.3. The molecule has 0 radical (unpaired) electrons. The third-order valence-electron chi connectivity index (χ3n) is 6.93. The van der Waals surface area contributed by atoms with Gasteiger partial charge < -0.3 is 16.0 Å². The Morgan fingerprint density at radius 2 is 1.66 bits per heavy atom. The highest BCUT2D eigenvalue weighted by Crippen LogP contribution is 2.53. The van der Waals surface area contributed by atoms with Crippen LogP contribution in [0.1, 0.15) is 51.6 Å². The van der Waals surface area contributed by atoms with Gasteiger partial charge in [-0.3, -0.25) is 9.59 Å². The molecule has 0 saturated carbocycles. The highest BCUT2D eigenvalue weighted by atomic mass is 35.5. The van der Waals surface area contributed by atoms with Crippen LogP contribution >= 0.6 is 23.2 Å². The van der Waals surface area contributed by atoms with E-state index >= 15 is 0 Å². The van der Waals surface area contributed by atoms with Crippen molar-refractivity contribution in [3.63, 3.8) is 0 Å². The lowest BCUT2D eigenvalue weighted by Gasteiger charge is -2.35. The molecule has 0 spiro atoms. The average Bonchev–Trinajstić information content (AvgIpc) is 3.17. The summed E-state index contributed by atoms with van der Waals surface area (Å²) in [6, 6.07) is 13.1. The number of ketones is 1. The number of fused-ring (bicyclic) bond motifs is 3. The van der Waals surface area contributed by atoms with Gasteiger partial charge in [0.2, 0.25) is 0 Å². The van der Waals surface area contributed by atoms with Crippen LogP contribution in [-0.4, -0.2) is 37.9 Å². The van der Waals surface area contributed by atoms with Crippen LogP contribution in [0.25, 0.3) is 22.3 Å². The van der Waals surface area contributed by atoms with Gasteiger partial charge in [0.1, 0.15) is 0 Å².